The largest absolute Gasteiger partial charge is 0.497 e. The Morgan fingerprint density at radius 3 is 2.78 bits per heavy atom. The van der Waals surface area contributed by atoms with E-state index in [1.165, 1.54) is 24.5 Å². The fraction of sp³-hybridized carbons (Fsp3) is 0.150. The highest BCUT2D eigenvalue weighted by molar-refractivity contribution is 7.19. The van der Waals surface area contributed by atoms with Crippen LogP contribution in [0.25, 0.3) is 16.3 Å². The molecule has 0 radical (unpaired) electrons. The minimum Gasteiger partial charge on any atom is -0.497 e. The number of hydrogen-bond acceptors (Lipinski definition) is 6. The summed E-state index contributed by atoms with van der Waals surface area (Å²) in [6.07, 6.45) is 3.01. The number of nitriles is 1. The van der Waals surface area contributed by atoms with Crippen molar-refractivity contribution in [2.75, 3.05) is 14.2 Å². The molecule has 3 aromatic rings. The van der Waals surface area contributed by atoms with Gasteiger partial charge in [-0.15, -0.1) is 11.3 Å². The van der Waals surface area contributed by atoms with E-state index < -0.39 is 11.9 Å². The number of amides is 1. The summed E-state index contributed by atoms with van der Waals surface area (Å²) in [7, 11) is 3.05. The molecule has 1 amide bonds. The lowest BCUT2D eigenvalue weighted by Crippen LogP contribution is -2.26. The van der Waals surface area contributed by atoms with Crippen molar-refractivity contribution in [2.45, 2.75) is 6.04 Å². The first-order valence-corrected chi connectivity index (χ1v) is 8.92. The average Bonchev–Trinajstić information content (AvgIpc) is 3.13. The zero-order valence-electron chi connectivity index (χ0n) is 14.8. The standard InChI is InChI=1S/C20H17N3O3S/c1-25-13-7-8-14(17(11-13)26-2)16(12-21)22-19(24)9-10-20-23-15-5-3-4-6-18(15)27-20/h3-11,16H,1-2H3,(H,22,24)/b10-9+. The van der Waals surface area contributed by atoms with E-state index in [1.54, 1.807) is 31.4 Å². The number of fused-ring (bicyclic) bond motifs is 1. The van der Waals surface area contributed by atoms with Crippen LogP contribution < -0.4 is 14.8 Å². The molecule has 0 fully saturated rings. The predicted octanol–water partition coefficient (Wildman–Crippen LogP) is 3.71. The van der Waals surface area contributed by atoms with Crippen LogP contribution in [-0.4, -0.2) is 25.1 Å². The third kappa shape index (κ3) is 4.25. The molecule has 1 heterocycles. The lowest BCUT2D eigenvalue weighted by Gasteiger charge is -2.15. The summed E-state index contributed by atoms with van der Waals surface area (Å²) in [4.78, 5) is 16.7. The normalized spacial score (nSPS) is 11.9. The summed E-state index contributed by atoms with van der Waals surface area (Å²) in [6.45, 7) is 0. The highest BCUT2D eigenvalue weighted by atomic mass is 32.1. The van der Waals surface area contributed by atoms with Gasteiger partial charge in [0.2, 0.25) is 5.91 Å². The first-order chi connectivity index (χ1) is 13.1. The van der Waals surface area contributed by atoms with Crippen molar-refractivity contribution in [3.8, 4) is 17.6 Å². The fourth-order valence-electron chi connectivity index (χ4n) is 2.54. The van der Waals surface area contributed by atoms with Gasteiger partial charge in [0.1, 0.15) is 22.5 Å². The molecule has 0 aliphatic rings. The number of aromatic nitrogens is 1. The lowest BCUT2D eigenvalue weighted by atomic mass is 10.1. The summed E-state index contributed by atoms with van der Waals surface area (Å²) in [5.74, 6) is 0.685. The van der Waals surface area contributed by atoms with E-state index in [0.29, 0.717) is 17.1 Å². The summed E-state index contributed by atoms with van der Waals surface area (Å²) in [6, 6.07) is 14.1. The van der Waals surface area contributed by atoms with Gasteiger partial charge in [0.25, 0.3) is 0 Å². The molecular weight excluding hydrogens is 362 g/mol. The predicted molar refractivity (Wildman–Crippen MR) is 105 cm³/mol. The Bertz CT molecular complexity index is 1000. The third-order valence-electron chi connectivity index (χ3n) is 3.86. The molecule has 1 aromatic heterocycles. The second-order valence-corrected chi connectivity index (χ2v) is 6.59. The molecule has 0 bridgehead atoms. The smallest absolute Gasteiger partial charge is 0.245 e. The van der Waals surface area contributed by atoms with Crippen molar-refractivity contribution in [2.24, 2.45) is 0 Å². The summed E-state index contributed by atoms with van der Waals surface area (Å²) >= 11 is 1.49. The Morgan fingerprint density at radius 2 is 2.07 bits per heavy atom. The number of nitrogens with zero attached hydrogens (tertiary/aromatic N) is 2. The number of thiazole rings is 1. The van der Waals surface area contributed by atoms with Crippen molar-refractivity contribution in [3.05, 3.63) is 59.1 Å². The molecule has 2 aromatic carbocycles. The van der Waals surface area contributed by atoms with Crippen LogP contribution in [0.15, 0.2) is 48.5 Å². The van der Waals surface area contributed by atoms with Gasteiger partial charge in [-0.25, -0.2) is 4.98 Å². The quantitative estimate of drug-likeness (QED) is 0.660. The van der Waals surface area contributed by atoms with Crippen molar-refractivity contribution in [3.63, 3.8) is 0 Å². The minimum atomic E-state index is -0.849. The van der Waals surface area contributed by atoms with Gasteiger partial charge in [-0.2, -0.15) is 5.26 Å². The number of para-hydroxylation sites is 1. The van der Waals surface area contributed by atoms with Crippen molar-refractivity contribution in [1.82, 2.24) is 10.3 Å². The zero-order chi connectivity index (χ0) is 19.2. The van der Waals surface area contributed by atoms with Gasteiger partial charge in [0.15, 0.2) is 0 Å². The molecule has 27 heavy (non-hydrogen) atoms. The van der Waals surface area contributed by atoms with Gasteiger partial charge in [-0.1, -0.05) is 12.1 Å². The van der Waals surface area contributed by atoms with Gasteiger partial charge in [-0.3, -0.25) is 4.79 Å². The highest BCUT2D eigenvalue weighted by Crippen LogP contribution is 2.29. The van der Waals surface area contributed by atoms with Crippen LogP contribution >= 0.6 is 11.3 Å². The molecule has 0 spiro atoms. The van der Waals surface area contributed by atoms with Crippen LogP contribution in [-0.2, 0) is 4.79 Å². The molecule has 0 aliphatic carbocycles. The Labute approximate surface area is 160 Å². The molecule has 3 rings (SSSR count). The van der Waals surface area contributed by atoms with Crippen molar-refractivity contribution >= 4 is 33.5 Å². The maximum absolute atomic E-state index is 12.3. The zero-order valence-corrected chi connectivity index (χ0v) is 15.6. The summed E-state index contributed by atoms with van der Waals surface area (Å²) in [5.41, 5.74) is 1.45. The van der Waals surface area contributed by atoms with Crippen LogP contribution in [0.1, 0.15) is 16.6 Å². The van der Waals surface area contributed by atoms with E-state index in [-0.39, 0.29) is 0 Å². The monoisotopic (exact) mass is 379 g/mol. The molecule has 7 heteroatoms. The molecule has 0 saturated heterocycles. The van der Waals surface area contributed by atoms with Gasteiger partial charge in [0, 0.05) is 17.7 Å². The van der Waals surface area contributed by atoms with E-state index in [4.69, 9.17) is 9.47 Å². The Balaban J connectivity index is 1.74. The number of ether oxygens (including phenoxy) is 2. The van der Waals surface area contributed by atoms with Crippen LogP contribution in [0.2, 0.25) is 0 Å². The Kier molecular flexibility index (Phi) is 5.69. The van der Waals surface area contributed by atoms with E-state index in [9.17, 15) is 10.1 Å². The van der Waals surface area contributed by atoms with Crippen LogP contribution in [0.5, 0.6) is 11.5 Å². The summed E-state index contributed by atoms with van der Waals surface area (Å²) in [5, 5.41) is 12.9. The summed E-state index contributed by atoms with van der Waals surface area (Å²) < 4.78 is 11.5. The van der Waals surface area contributed by atoms with Crippen LogP contribution in [0.4, 0.5) is 0 Å². The van der Waals surface area contributed by atoms with Gasteiger partial charge >= 0.3 is 0 Å². The van der Waals surface area contributed by atoms with Crippen molar-refractivity contribution in [1.29, 1.82) is 5.26 Å². The van der Waals surface area contributed by atoms with Crippen LogP contribution in [0, 0.1) is 11.3 Å². The van der Waals surface area contributed by atoms with Gasteiger partial charge in [0.05, 0.1) is 30.5 Å². The van der Waals surface area contributed by atoms with E-state index in [2.05, 4.69) is 16.4 Å². The molecular formula is C20H17N3O3S. The molecule has 6 nitrogen and oxygen atoms in total. The first kappa shape index (κ1) is 18.4. The van der Waals surface area contributed by atoms with Gasteiger partial charge < -0.3 is 14.8 Å². The number of carbonyl (C=O) groups excluding carboxylic acids is 1. The number of benzene rings is 2. The molecule has 1 atom stereocenters. The van der Waals surface area contributed by atoms with E-state index in [0.717, 1.165) is 15.2 Å². The van der Waals surface area contributed by atoms with Crippen LogP contribution in [0.3, 0.4) is 0 Å². The number of hydrogen-bond donors (Lipinski definition) is 1. The topological polar surface area (TPSA) is 84.2 Å². The fourth-order valence-corrected chi connectivity index (χ4v) is 3.41. The maximum atomic E-state index is 12.3. The average molecular weight is 379 g/mol. The number of carbonyl (C=O) groups is 1. The van der Waals surface area contributed by atoms with Crippen molar-refractivity contribution < 1.29 is 14.3 Å². The lowest BCUT2D eigenvalue weighted by molar-refractivity contribution is -0.116. The molecule has 0 saturated carbocycles. The first-order valence-electron chi connectivity index (χ1n) is 8.10. The third-order valence-corrected chi connectivity index (χ3v) is 4.86. The van der Waals surface area contributed by atoms with E-state index in [1.807, 2.05) is 24.3 Å². The highest BCUT2D eigenvalue weighted by Gasteiger charge is 2.18. The molecule has 1 unspecified atom stereocenters. The number of nitrogens with one attached hydrogen (secondary N) is 1. The number of rotatable bonds is 6. The molecule has 136 valence electrons. The Morgan fingerprint density at radius 1 is 1.26 bits per heavy atom. The number of methoxy groups -OCH3 is 2. The minimum absolute atomic E-state index is 0.390. The second-order valence-electron chi connectivity index (χ2n) is 5.53. The van der Waals surface area contributed by atoms with Gasteiger partial charge in [-0.05, 0) is 30.3 Å². The molecule has 1 N–H and O–H groups in total. The maximum Gasteiger partial charge on any atom is 0.245 e. The Hall–Kier alpha value is -3.37. The molecule has 0 aliphatic heterocycles. The van der Waals surface area contributed by atoms with E-state index >= 15 is 0 Å². The second kappa shape index (κ2) is 8.34. The SMILES string of the molecule is COc1ccc(C(C#N)NC(=O)/C=C/c2nc3ccccc3s2)c(OC)c1.